The predicted molar refractivity (Wildman–Crippen MR) is 133 cm³/mol. The Morgan fingerprint density at radius 1 is 0.971 bits per heavy atom. The quantitative estimate of drug-likeness (QED) is 0.296. The zero-order valence-corrected chi connectivity index (χ0v) is 20.4. The van der Waals surface area contributed by atoms with Crippen LogP contribution in [0, 0.1) is 12.8 Å². The van der Waals surface area contributed by atoms with Gasteiger partial charge in [-0.1, -0.05) is 55.4 Å². The van der Waals surface area contributed by atoms with Crippen LogP contribution in [0.3, 0.4) is 0 Å². The fourth-order valence-corrected chi connectivity index (χ4v) is 4.70. The molecule has 1 unspecified atom stereocenters. The van der Waals surface area contributed by atoms with E-state index in [9.17, 15) is 4.79 Å². The molecule has 0 aliphatic heterocycles. The Hall–Kier alpha value is -3.46. The summed E-state index contributed by atoms with van der Waals surface area (Å²) < 4.78 is 9.65. The third-order valence-electron chi connectivity index (χ3n) is 5.78. The second kappa shape index (κ2) is 9.06. The Kier molecular flexibility index (Phi) is 5.95. The minimum atomic E-state index is -0.158. The second-order valence-electron chi connectivity index (χ2n) is 8.85. The van der Waals surface area contributed by atoms with Gasteiger partial charge in [0.15, 0.2) is 5.16 Å². The number of benzene rings is 2. The molecule has 0 saturated heterocycles. The fourth-order valence-electron chi connectivity index (χ4n) is 3.82. The highest BCUT2D eigenvalue weighted by Crippen LogP contribution is 2.35. The minimum Gasteiger partial charge on any atom is -0.419 e. The first-order chi connectivity index (χ1) is 16.4. The summed E-state index contributed by atoms with van der Waals surface area (Å²) >= 11 is 1.48. The highest BCUT2D eigenvalue weighted by Gasteiger charge is 2.22. The van der Waals surface area contributed by atoms with Crippen molar-refractivity contribution in [2.24, 2.45) is 5.92 Å². The molecule has 0 bridgehead atoms. The largest absolute Gasteiger partial charge is 0.419 e. The number of rotatable bonds is 7. The van der Waals surface area contributed by atoms with Crippen LogP contribution in [0.2, 0.25) is 0 Å². The molecule has 3 heterocycles. The van der Waals surface area contributed by atoms with E-state index < -0.39 is 0 Å². The van der Waals surface area contributed by atoms with Gasteiger partial charge < -0.3 is 4.42 Å². The SMILES string of the molecule is Cc1ccc(-c2nnc(C(C)Sc3nnc4n(CCC(C)C)c(=O)c5ccccc5n34)o2)cc1. The van der Waals surface area contributed by atoms with Crippen molar-refractivity contribution in [2.45, 2.75) is 51.1 Å². The van der Waals surface area contributed by atoms with Crippen molar-refractivity contribution >= 4 is 28.4 Å². The molecule has 0 amide bonds. The Balaban J connectivity index is 1.52. The van der Waals surface area contributed by atoms with Crippen LogP contribution < -0.4 is 5.56 Å². The molecule has 3 aromatic heterocycles. The fraction of sp³-hybridized carbons (Fsp3) is 0.320. The molecule has 0 radical (unpaired) electrons. The zero-order chi connectivity index (χ0) is 23.8. The highest BCUT2D eigenvalue weighted by atomic mass is 32.2. The number of fused-ring (bicyclic) bond motifs is 3. The molecule has 9 heteroatoms. The maximum absolute atomic E-state index is 13.2. The molecule has 2 aromatic carbocycles. The van der Waals surface area contributed by atoms with Crippen molar-refractivity contribution in [3.05, 3.63) is 70.3 Å². The summed E-state index contributed by atoms with van der Waals surface area (Å²) in [4.78, 5) is 13.2. The number of hydrogen-bond acceptors (Lipinski definition) is 7. The van der Waals surface area contributed by atoms with E-state index >= 15 is 0 Å². The van der Waals surface area contributed by atoms with E-state index in [1.807, 2.05) is 66.8 Å². The van der Waals surface area contributed by atoms with Gasteiger partial charge in [-0.05, 0) is 50.5 Å². The van der Waals surface area contributed by atoms with E-state index in [4.69, 9.17) is 4.42 Å². The molecule has 1 atom stereocenters. The summed E-state index contributed by atoms with van der Waals surface area (Å²) in [6, 6.07) is 15.6. The molecule has 5 aromatic rings. The van der Waals surface area contributed by atoms with Crippen molar-refractivity contribution in [3.8, 4) is 11.5 Å². The molecule has 0 aliphatic carbocycles. The normalized spacial score (nSPS) is 12.7. The van der Waals surface area contributed by atoms with Gasteiger partial charge in [-0.15, -0.1) is 20.4 Å². The van der Waals surface area contributed by atoms with E-state index in [2.05, 4.69) is 34.2 Å². The van der Waals surface area contributed by atoms with Gasteiger partial charge in [0.25, 0.3) is 5.56 Å². The third kappa shape index (κ3) is 4.11. The maximum Gasteiger partial charge on any atom is 0.262 e. The molecule has 8 nitrogen and oxygen atoms in total. The van der Waals surface area contributed by atoms with Gasteiger partial charge in [0.1, 0.15) is 0 Å². The van der Waals surface area contributed by atoms with Gasteiger partial charge >= 0.3 is 0 Å². The number of hydrogen-bond donors (Lipinski definition) is 0. The first-order valence-corrected chi connectivity index (χ1v) is 12.2. The van der Waals surface area contributed by atoms with Crippen LogP contribution in [-0.2, 0) is 6.54 Å². The first kappa shape index (κ1) is 22.3. The minimum absolute atomic E-state index is 0.0413. The van der Waals surface area contributed by atoms with Crippen LogP contribution in [0.25, 0.3) is 28.1 Å². The Morgan fingerprint density at radius 2 is 1.74 bits per heavy atom. The third-order valence-corrected chi connectivity index (χ3v) is 6.81. The molecule has 0 fully saturated rings. The average Bonchev–Trinajstić information content (AvgIpc) is 3.48. The van der Waals surface area contributed by atoms with E-state index in [0.717, 1.165) is 17.5 Å². The van der Waals surface area contributed by atoms with Gasteiger partial charge in [-0.25, -0.2) is 0 Å². The number of thioether (sulfide) groups is 1. The lowest BCUT2D eigenvalue weighted by Crippen LogP contribution is -2.24. The van der Waals surface area contributed by atoms with Crippen molar-refractivity contribution in [3.63, 3.8) is 0 Å². The van der Waals surface area contributed by atoms with E-state index in [0.29, 0.717) is 40.6 Å². The first-order valence-electron chi connectivity index (χ1n) is 11.4. The molecule has 0 saturated carbocycles. The van der Waals surface area contributed by atoms with Crippen molar-refractivity contribution in [1.82, 2.24) is 29.4 Å². The maximum atomic E-state index is 13.2. The van der Waals surface area contributed by atoms with Crippen molar-refractivity contribution in [1.29, 1.82) is 0 Å². The second-order valence-corrected chi connectivity index (χ2v) is 10.2. The van der Waals surface area contributed by atoms with E-state index in [1.54, 1.807) is 4.57 Å². The molecule has 5 rings (SSSR count). The lowest BCUT2D eigenvalue weighted by Gasteiger charge is -2.13. The summed E-state index contributed by atoms with van der Waals surface area (Å²) in [5.41, 5.74) is 2.80. The summed E-state index contributed by atoms with van der Waals surface area (Å²) in [5.74, 6) is 2.01. The molecule has 0 aliphatic rings. The van der Waals surface area contributed by atoms with Crippen LogP contribution >= 0.6 is 11.8 Å². The molecular weight excluding hydrogens is 448 g/mol. The van der Waals surface area contributed by atoms with Crippen molar-refractivity contribution in [2.75, 3.05) is 0 Å². The molecule has 174 valence electrons. The molecule has 0 spiro atoms. The summed E-state index contributed by atoms with van der Waals surface area (Å²) in [6.07, 6.45) is 0.878. The van der Waals surface area contributed by atoms with Crippen LogP contribution in [0.4, 0.5) is 0 Å². The lowest BCUT2D eigenvalue weighted by atomic mass is 10.1. The Labute approximate surface area is 201 Å². The monoisotopic (exact) mass is 474 g/mol. The Morgan fingerprint density at radius 3 is 2.50 bits per heavy atom. The number of aromatic nitrogens is 6. The zero-order valence-electron chi connectivity index (χ0n) is 19.6. The van der Waals surface area contributed by atoms with Gasteiger partial charge in [0.2, 0.25) is 17.6 Å². The number of para-hydroxylation sites is 1. The summed E-state index contributed by atoms with van der Waals surface area (Å²) in [5, 5.41) is 18.5. The van der Waals surface area contributed by atoms with Crippen LogP contribution in [0.1, 0.15) is 43.9 Å². The van der Waals surface area contributed by atoms with Crippen LogP contribution in [0.5, 0.6) is 0 Å². The topological polar surface area (TPSA) is 91.1 Å². The number of nitrogens with zero attached hydrogens (tertiary/aromatic N) is 6. The van der Waals surface area contributed by atoms with Crippen molar-refractivity contribution < 1.29 is 4.42 Å². The van der Waals surface area contributed by atoms with Crippen LogP contribution in [0.15, 0.2) is 62.9 Å². The smallest absolute Gasteiger partial charge is 0.262 e. The standard InChI is InChI=1S/C25H26N6O2S/c1-15(2)13-14-30-23(32)19-7-5-6-8-20(19)31-24(30)28-29-25(31)34-17(4)21-26-27-22(33-21)18-11-9-16(3)10-12-18/h5-12,15,17H,13-14H2,1-4H3. The lowest BCUT2D eigenvalue weighted by molar-refractivity contribution is 0.508. The summed E-state index contributed by atoms with van der Waals surface area (Å²) in [7, 11) is 0. The highest BCUT2D eigenvalue weighted by molar-refractivity contribution is 7.99. The van der Waals surface area contributed by atoms with Crippen LogP contribution in [-0.4, -0.2) is 29.4 Å². The van der Waals surface area contributed by atoms with Gasteiger partial charge in [0, 0.05) is 12.1 Å². The van der Waals surface area contributed by atoms with Gasteiger partial charge in [0.05, 0.1) is 16.2 Å². The van der Waals surface area contributed by atoms with E-state index in [-0.39, 0.29) is 10.8 Å². The molecule has 34 heavy (non-hydrogen) atoms. The van der Waals surface area contributed by atoms with E-state index in [1.165, 1.54) is 17.3 Å². The van der Waals surface area contributed by atoms with Gasteiger partial charge in [-0.3, -0.25) is 13.8 Å². The number of aryl methyl sites for hydroxylation is 2. The molecule has 0 N–H and O–H groups in total. The average molecular weight is 475 g/mol. The van der Waals surface area contributed by atoms with Gasteiger partial charge in [-0.2, -0.15) is 0 Å². The summed E-state index contributed by atoms with van der Waals surface area (Å²) in [6.45, 7) is 8.91. The predicted octanol–water partition coefficient (Wildman–Crippen LogP) is 5.30. The molecular formula is C25H26N6O2S. The Bertz CT molecular complexity index is 1520.